The molecule has 0 fully saturated rings. The van der Waals surface area contributed by atoms with E-state index in [1.807, 2.05) is 37.2 Å². The van der Waals surface area contributed by atoms with Crippen LogP contribution in [0.2, 0.25) is 0 Å². The van der Waals surface area contributed by atoms with Crippen LogP contribution >= 0.6 is 11.8 Å². The molecule has 0 saturated heterocycles. The minimum atomic E-state index is -0.222. The number of ether oxygens (including phenoxy) is 2. The second kappa shape index (κ2) is 7.69. The van der Waals surface area contributed by atoms with Crippen LogP contribution < -0.4 is 25.8 Å². The molecule has 1 unspecified atom stereocenters. The smallest absolute Gasteiger partial charge is 0.228 e. The van der Waals surface area contributed by atoms with Crippen molar-refractivity contribution in [2.75, 3.05) is 37.6 Å². The third-order valence-corrected chi connectivity index (χ3v) is 6.23. The lowest BCUT2D eigenvalue weighted by molar-refractivity contribution is 0.402. The van der Waals surface area contributed by atoms with Crippen LogP contribution in [0.4, 0.5) is 17.2 Å². The Morgan fingerprint density at radius 3 is 2.53 bits per heavy atom. The van der Waals surface area contributed by atoms with Crippen LogP contribution in [-0.4, -0.2) is 26.2 Å². The van der Waals surface area contributed by atoms with Crippen LogP contribution in [0.5, 0.6) is 17.4 Å². The lowest BCUT2D eigenvalue weighted by atomic mass is 9.98. The molecule has 2 heterocycles. The van der Waals surface area contributed by atoms with E-state index < -0.39 is 0 Å². The number of benzene rings is 2. The molecule has 1 aliphatic rings. The van der Waals surface area contributed by atoms with Gasteiger partial charge in [-0.05, 0) is 30.3 Å². The molecule has 0 aliphatic carbocycles. The highest BCUT2D eigenvalue weighted by Crippen LogP contribution is 2.54. The summed E-state index contributed by atoms with van der Waals surface area (Å²) in [6.07, 6.45) is 0. The van der Waals surface area contributed by atoms with E-state index in [1.165, 1.54) is 0 Å². The summed E-state index contributed by atoms with van der Waals surface area (Å²) in [7, 11) is 5.60. The van der Waals surface area contributed by atoms with Gasteiger partial charge >= 0.3 is 0 Å². The van der Waals surface area contributed by atoms with Crippen LogP contribution in [0.1, 0.15) is 21.9 Å². The van der Waals surface area contributed by atoms with Gasteiger partial charge < -0.3 is 25.8 Å². The van der Waals surface area contributed by atoms with E-state index in [9.17, 15) is 5.26 Å². The summed E-state index contributed by atoms with van der Waals surface area (Å²) in [5.41, 5.74) is 15.5. The molecule has 2 aromatic carbocycles. The monoisotopic (exact) mass is 419 g/mol. The molecule has 0 spiro atoms. The number of nitrogen functional groups attached to an aromatic ring is 2. The Bertz CT molecular complexity index is 1160. The third kappa shape index (κ3) is 3.33. The minimum absolute atomic E-state index is 0.0548. The maximum Gasteiger partial charge on any atom is 0.228 e. The quantitative estimate of drug-likeness (QED) is 0.648. The lowest BCUT2D eigenvalue weighted by Crippen LogP contribution is -2.15. The summed E-state index contributed by atoms with van der Waals surface area (Å²) in [6.45, 7) is 0. The molecule has 0 saturated carbocycles. The zero-order valence-electron chi connectivity index (χ0n) is 16.8. The first kappa shape index (κ1) is 19.7. The van der Waals surface area contributed by atoms with Gasteiger partial charge in [-0.1, -0.05) is 6.07 Å². The van der Waals surface area contributed by atoms with Crippen LogP contribution in [-0.2, 0) is 0 Å². The van der Waals surface area contributed by atoms with Gasteiger partial charge in [0.15, 0.2) is 0 Å². The molecule has 7 nitrogen and oxygen atoms in total. The SMILES string of the molecule is COc1ccc2c(c1)Oc1nc(N)c(C#N)c(N)c1C2Sc1ccc(N(C)C)cc1. The Balaban J connectivity index is 1.85. The number of nitriles is 1. The Hall–Kier alpha value is -3.57. The number of rotatable bonds is 4. The number of anilines is 3. The number of hydrogen-bond donors (Lipinski definition) is 2. The van der Waals surface area contributed by atoms with Gasteiger partial charge in [-0.15, -0.1) is 11.8 Å². The number of nitrogens with zero attached hydrogens (tertiary/aromatic N) is 3. The third-order valence-electron chi connectivity index (χ3n) is 4.96. The molecule has 30 heavy (non-hydrogen) atoms. The van der Waals surface area contributed by atoms with Crippen molar-refractivity contribution in [2.24, 2.45) is 0 Å². The summed E-state index contributed by atoms with van der Waals surface area (Å²) >= 11 is 1.61. The fourth-order valence-electron chi connectivity index (χ4n) is 3.35. The number of methoxy groups -OCH3 is 1. The first-order chi connectivity index (χ1) is 14.4. The maximum absolute atomic E-state index is 9.50. The van der Waals surface area contributed by atoms with Crippen LogP contribution in [0, 0.1) is 11.3 Å². The molecule has 3 aromatic rings. The van der Waals surface area contributed by atoms with Gasteiger partial charge in [-0.3, -0.25) is 0 Å². The largest absolute Gasteiger partial charge is 0.497 e. The molecular weight excluding hydrogens is 398 g/mol. The summed E-state index contributed by atoms with van der Waals surface area (Å²) in [4.78, 5) is 7.42. The molecule has 8 heteroatoms. The Labute approximate surface area is 179 Å². The van der Waals surface area contributed by atoms with E-state index in [2.05, 4.69) is 35.3 Å². The van der Waals surface area contributed by atoms with Crippen molar-refractivity contribution in [3.8, 4) is 23.4 Å². The molecule has 1 aliphatic heterocycles. The van der Waals surface area contributed by atoms with E-state index in [0.29, 0.717) is 28.6 Å². The van der Waals surface area contributed by atoms with Crippen molar-refractivity contribution in [3.05, 3.63) is 59.2 Å². The van der Waals surface area contributed by atoms with E-state index in [1.54, 1.807) is 18.9 Å². The topological polar surface area (TPSA) is 110 Å². The van der Waals surface area contributed by atoms with E-state index in [0.717, 1.165) is 16.1 Å². The summed E-state index contributed by atoms with van der Waals surface area (Å²) in [6, 6.07) is 15.9. The number of hydrogen-bond acceptors (Lipinski definition) is 8. The minimum Gasteiger partial charge on any atom is -0.497 e. The van der Waals surface area contributed by atoms with Gasteiger partial charge in [0.2, 0.25) is 5.88 Å². The van der Waals surface area contributed by atoms with Gasteiger partial charge in [0.25, 0.3) is 0 Å². The highest BCUT2D eigenvalue weighted by Gasteiger charge is 2.33. The summed E-state index contributed by atoms with van der Waals surface area (Å²) in [5, 5.41) is 9.28. The molecule has 4 rings (SSSR count). The first-order valence-corrected chi connectivity index (χ1v) is 10.1. The predicted molar refractivity (Wildman–Crippen MR) is 119 cm³/mol. The van der Waals surface area contributed by atoms with Gasteiger partial charge in [-0.25, -0.2) is 0 Å². The van der Waals surface area contributed by atoms with E-state index in [-0.39, 0.29) is 16.6 Å². The first-order valence-electron chi connectivity index (χ1n) is 9.21. The zero-order chi connectivity index (χ0) is 21.4. The average Bonchev–Trinajstić information content (AvgIpc) is 2.73. The van der Waals surface area contributed by atoms with Gasteiger partial charge in [0, 0.05) is 36.3 Å². The van der Waals surface area contributed by atoms with Crippen molar-refractivity contribution in [3.63, 3.8) is 0 Å². The molecule has 0 radical (unpaired) electrons. The molecule has 0 amide bonds. The number of pyridine rings is 1. The van der Waals surface area contributed by atoms with Crippen LogP contribution in [0.3, 0.4) is 0 Å². The van der Waals surface area contributed by atoms with Crippen molar-refractivity contribution < 1.29 is 9.47 Å². The second-order valence-corrected chi connectivity index (χ2v) is 8.19. The molecular formula is C22H21N5O2S. The molecule has 4 N–H and O–H groups in total. The fraction of sp³-hybridized carbons (Fsp3) is 0.182. The maximum atomic E-state index is 9.50. The summed E-state index contributed by atoms with van der Waals surface area (Å²) < 4.78 is 11.4. The zero-order valence-corrected chi connectivity index (χ0v) is 17.7. The Morgan fingerprint density at radius 1 is 1.17 bits per heavy atom. The predicted octanol–water partition coefficient (Wildman–Crippen LogP) is 4.18. The molecule has 152 valence electrons. The highest BCUT2D eigenvalue weighted by atomic mass is 32.2. The molecule has 1 atom stereocenters. The van der Waals surface area contributed by atoms with E-state index in [4.69, 9.17) is 20.9 Å². The van der Waals surface area contributed by atoms with Crippen molar-refractivity contribution in [1.29, 1.82) is 5.26 Å². The van der Waals surface area contributed by atoms with Crippen molar-refractivity contribution in [1.82, 2.24) is 4.98 Å². The van der Waals surface area contributed by atoms with Crippen molar-refractivity contribution >= 4 is 29.0 Å². The standard InChI is InChI=1S/C22H21N5O2S/c1-27(2)12-4-7-14(8-5-12)30-20-15-9-6-13(28-3)10-17(15)29-22-18(20)19(24)16(11-23)21(25)26-22/h4-10,20H,1-3H3,(H4,24,25,26). The van der Waals surface area contributed by atoms with Crippen LogP contribution in [0.15, 0.2) is 47.4 Å². The number of fused-ring (bicyclic) bond motifs is 2. The van der Waals surface area contributed by atoms with Crippen molar-refractivity contribution in [2.45, 2.75) is 10.1 Å². The molecule has 1 aromatic heterocycles. The molecule has 0 bridgehead atoms. The van der Waals surface area contributed by atoms with E-state index >= 15 is 0 Å². The fourth-order valence-corrected chi connectivity index (χ4v) is 4.58. The lowest BCUT2D eigenvalue weighted by Gasteiger charge is -2.29. The van der Waals surface area contributed by atoms with Gasteiger partial charge in [0.1, 0.15) is 28.9 Å². The highest BCUT2D eigenvalue weighted by molar-refractivity contribution is 7.99. The Kier molecular flexibility index (Phi) is 5.06. The number of aromatic nitrogens is 1. The Morgan fingerprint density at radius 2 is 1.90 bits per heavy atom. The summed E-state index contributed by atoms with van der Waals surface area (Å²) in [5.74, 6) is 1.66. The number of nitrogens with two attached hydrogens (primary N) is 2. The van der Waals surface area contributed by atoms with Gasteiger partial charge in [0.05, 0.1) is 23.6 Å². The average molecular weight is 420 g/mol. The number of thioether (sulfide) groups is 1. The van der Waals surface area contributed by atoms with Gasteiger partial charge in [-0.2, -0.15) is 10.2 Å². The second-order valence-electron chi connectivity index (χ2n) is 7.01. The normalized spacial score (nSPS) is 14.1. The van der Waals surface area contributed by atoms with Crippen LogP contribution in [0.25, 0.3) is 0 Å².